The predicted octanol–water partition coefficient (Wildman–Crippen LogP) is 6.45. The second-order valence-corrected chi connectivity index (χ2v) is 8.14. The molecule has 0 spiro atoms. The average Bonchev–Trinajstić information content (AvgIpc) is 2.83. The highest BCUT2D eigenvalue weighted by molar-refractivity contribution is 6.02. The summed E-state index contributed by atoms with van der Waals surface area (Å²) in [6.45, 7) is 6.65. The van der Waals surface area contributed by atoms with Gasteiger partial charge in [0.1, 0.15) is 5.84 Å². The first-order chi connectivity index (χ1) is 16.6. The molecule has 3 aromatic rings. The Morgan fingerprint density at radius 1 is 0.943 bits per heavy atom. The predicted molar refractivity (Wildman–Crippen MR) is 132 cm³/mol. The van der Waals surface area contributed by atoms with Gasteiger partial charge in [-0.3, -0.25) is 4.79 Å². The number of aryl methyl sites for hydroxylation is 1. The number of alkyl halides is 3. The van der Waals surface area contributed by atoms with Gasteiger partial charge in [0.2, 0.25) is 0 Å². The van der Waals surface area contributed by atoms with Crippen molar-refractivity contribution in [2.75, 3.05) is 13.1 Å². The summed E-state index contributed by atoms with van der Waals surface area (Å²) < 4.78 is 38.9. The highest BCUT2D eigenvalue weighted by Crippen LogP contribution is 2.30. The Balaban J connectivity index is 1.99. The standard InChI is InChI=1S/C28H27F3N2O2/c1-20-8-6-7-11-25(20)27(32-21(2)23-12-14-24(15-13-23)28(29,30)31)33(19-17-26(34)35)18-16-22-9-4-3-5-10-22/h3-15H,2,16-19H2,1H3,(H,34,35). The summed E-state index contributed by atoms with van der Waals surface area (Å²) in [7, 11) is 0. The number of carbonyl (C=O) groups is 1. The van der Waals surface area contributed by atoms with Crippen LogP contribution in [0.25, 0.3) is 5.70 Å². The van der Waals surface area contributed by atoms with E-state index in [1.165, 1.54) is 12.1 Å². The molecule has 0 saturated heterocycles. The molecule has 3 rings (SSSR count). The Labute approximate surface area is 203 Å². The number of benzene rings is 3. The number of amidine groups is 1. The highest BCUT2D eigenvalue weighted by atomic mass is 19.4. The molecule has 0 aromatic heterocycles. The minimum absolute atomic E-state index is 0.0908. The lowest BCUT2D eigenvalue weighted by Crippen LogP contribution is -2.36. The SMILES string of the molecule is C=C(N=C(c1ccccc1C)N(CCC(=O)O)CCc1ccccc1)c1ccc(C(F)(F)F)cc1. The van der Waals surface area contributed by atoms with Gasteiger partial charge in [0.05, 0.1) is 17.7 Å². The molecule has 0 saturated carbocycles. The van der Waals surface area contributed by atoms with Crippen LogP contribution in [-0.2, 0) is 17.4 Å². The molecule has 3 aromatic carbocycles. The lowest BCUT2D eigenvalue weighted by Gasteiger charge is -2.27. The lowest BCUT2D eigenvalue weighted by atomic mass is 10.1. The minimum atomic E-state index is -4.43. The van der Waals surface area contributed by atoms with Crippen LogP contribution < -0.4 is 0 Å². The smallest absolute Gasteiger partial charge is 0.416 e. The maximum atomic E-state index is 13.0. The first-order valence-corrected chi connectivity index (χ1v) is 11.2. The number of hydrogen-bond acceptors (Lipinski definition) is 2. The molecule has 1 N–H and O–H groups in total. The van der Waals surface area contributed by atoms with Gasteiger partial charge in [-0.2, -0.15) is 13.2 Å². The van der Waals surface area contributed by atoms with E-state index in [0.717, 1.165) is 28.8 Å². The van der Waals surface area contributed by atoms with E-state index in [1.807, 2.05) is 66.4 Å². The van der Waals surface area contributed by atoms with Crippen LogP contribution in [0.1, 0.15) is 34.2 Å². The molecule has 0 heterocycles. The number of rotatable bonds is 9. The number of carboxylic acids is 1. The second-order valence-electron chi connectivity index (χ2n) is 8.14. The van der Waals surface area contributed by atoms with Gasteiger partial charge in [0.15, 0.2) is 0 Å². The number of nitrogens with zero attached hydrogens (tertiary/aromatic N) is 2. The number of carboxylic acid groups (broad SMARTS) is 1. The Kier molecular flexibility index (Phi) is 8.47. The summed E-state index contributed by atoms with van der Waals surface area (Å²) in [5.41, 5.74) is 2.83. The summed E-state index contributed by atoms with van der Waals surface area (Å²) in [5.74, 6) is -0.398. The van der Waals surface area contributed by atoms with Crippen LogP contribution in [0, 0.1) is 6.92 Å². The zero-order valence-electron chi connectivity index (χ0n) is 19.4. The molecule has 182 valence electrons. The van der Waals surface area contributed by atoms with Crippen molar-refractivity contribution in [3.05, 3.63) is 113 Å². The van der Waals surface area contributed by atoms with Crippen molar-refractivity contribution in [1.29, 1.82) is 0 Å². The topological polar surface area (TPSA) is 52.9 Å². The van der Waals surface area contributed by atoms with Crippen molar-refractivity contribution < 1.29 is 23.1 Å². The van der Waals surface area contributed by atoms with Crippen molar-refractivity contribution in [2.24, 2.45) is 4.99 Å². The summed E-state index contributed by atoms with van der Waals surface area (Å²) in [4.78, 5) is 18.0. The van der Waals surface area contributed by atoms with E-state index in [9.17, 15) is 23.1 Å². The summed E-state index contributed by atoms with van der Waals surface area (Å²) in [6.07, 6.45) is -3.86. The molecule has 0 radical (unpaired) electrons. The maximum absolute atomic E-state index is 13.0. The third-order valence-corrected chi connectivity index (χ3v) is 5.58. The van der Waals surface area contributed by atoms with Gasteiger partial charge in [0.25, 0.3) is 0 Å². The Hall–Kier alpha value is -3.87. The van der Waals surface area contributed by atoms with E-state index in [2.05, 4.69) is 6.58 Å². The van der Waals surface area contributed by atoms with Crippen LogP contribution in [0.3, 0.4) is 0 Å². The van der Waals surface area contributed by atoms with Crippen LogP contribution in [0.4, 0.5) is 13.2 Å². The molecular formula is C28H27F3N2O2. The third kappa shape index (κ3) is 7.30. The molecule has 0 unspecified atom stereocenters. The quantitative estimate of drug-likeness (QED) is 0.283. The van der Waals surface area contributed by atoms with Gasteiger partial charge < -0.3 is 10.0 Å². The van der Waals surface area contributed by atoms with Crippen LogP contribution in [-0.4, -0.2) is 34.9 Å². The summed E-state index contributed by atoms with van der Waals surface area (Å²) in [6, 6.07) is 22.1. The van der Waals surface area contributed by atoms with Gasteiger partial charge in [-0.05, 0) is 42.2 Å². The first-order valence-electron chi connectivity index (χ1n) is 11.2. The van der Waals surface area contributed by atoms with Gasteiger partial charge in [0, 0.05) is 18.7 Å². The molecule has 0 fully saturated rings. The maximum Gasteiger partial charge on any atom is 0.416 e. The molecule has 0 amide bonds. The number of aliphatic carboxylic acids is 1. The van der Waals surface area contributed by atoms with Gasteiger partial charge in [-0.1, -0.05) is 73.3 Å². The average molecular weight is 481 g/mol. The van der Waals surface area contributed by atoms with Crippen molar-refractivity contribution in [3.8, 4) is 0 Å². The van der Waals surface area contributed by atoms with Gasteiger partial charge in [-0.15, -0.1) is 0 Å². The molecule has 0 aliphatic heterocycles. The van der Waals surface area contributed by atoms with E-state index < -0.39 is 17.7 Å². The zero-order chi connectivity index (χ0) is 25.4. The van der Waals surface area contributed by atoms with Crippen LogP contribution in [0.5, 0.6) is 0 Å². The van der Waals surface area contributed by atoms with E-state index >= 15 is 0 Å². The first kappa shape index (κ1) is 25.7. The molecule has 0 bridgehead atoms. The fourth-order valence-electron chi connectivity index (χ4n) is 3.63. The lowest BCUT2D eigenvalue weighted by molar-refractivity contribution is -0.138. The molecule has 7 heteroatoms. The van der Waals surface area contributed by atoms with Crippen molar-refractivity contribution in [3.63, 3.8) is 0 Å². The fourth-order valence-corrected chi connectivity index (χ4v) is 3.63. The number of hydrogen-bond donors (Lipinski definition) is 1. The summed E-state index contributed by atoms with van der Waals surface area (Å²) >= 11 is 0. The molecular weight excluding hydrogens is 453 g/mol. The molecule has 0 aliphatic carbocycles. The Morgan fingerprint density at radius 3 is 2.17 bits per heavy atom. The van der Waals surface area contributed by atoms with Crippen LogP contribution in [0.2, 0.25) is 0 Å². The zero-order valence-corrected chi connectivity index (χ0v) is 19.4. The third-order valence-electron chi connectivity index (χ3n) is 5.58. The Morgan fingerprint density at radius 2 is 1.57 bits per heavy atom. The number of halogens is 3. The summed E-state index contributed by atoms with van der Waals surface area (Å²) in [5, 5.41) is 9.33. The monoisotopic (exact) mass is 480 g/mol. The minimum Gasteiger partial charge on any atom is -0.481 e. The van der Waals surface area contributed by atoms with Crippen molar-refractivity contribution >= 4 is 17.5 Å². The van der Waals surface area contributed by atoms with E-state index in [4.69, 9.17) is 4.99 Å². The van der Waals surface area contributed by atoms with Gasteiger partial charge in [-0.25, -0.2) is 4.99 Å². The second kappa shape index (κ2) is 11.5. The largest absolute Gasteiger partial charge is 0.481 e. The molecule has 0 aliphatic rings. The highest BCUT2D eigenvalue weighted by Gasteiger charge is 2.30. The number of aliphatic imine (C=N–C) groups is 1. The van der Waals surface area contributed by atoms with Gasteiger partial charge >= 0.3 is 12.1 Å². The van der Waals surface area contributed by atoms with E-state index in [0.29, 0.717) is 24.4 Å². The van der Waals surface area contributed by atoms with Crippen LogP contribution >= 0.6 is 0 Å². The van der Waals surface area contributed by atoms with Crippen molar-refractivity contribution in [1.82, 2.24) is 4.90 Å². The molecule has 4 nitrogen and oxygen atoms in total. The van der Waals surface area contributed by atoms with Crippen molar-refractivity contribution in [2.45, 2.75) is 25.9 Å². The normalized spacial score (nSPS) is 11.8. The molecule has 35 heavy (non-hydrogen) atoms. The van der Waals surface area contributed by atoms with Crippen LogP contribution in [0.15, 0.2) is 90.4 Å². The fraction of sp³-hybridized carbons (Fsp3) is 0.214. The van der Waals surface area contributed by atoms with E-state index in [-0.39, 0.29) is 18.7 Å². The Bertz CT molecular complexity index is 1190. The molecule has 0 atom stereocenters. The van der Waals surface area contributed by atoms with E-state index in [1.54, 1.807) is 0 Å².